The molecule has 0 aliphatic heterocycles. The maximum atomic E-state index is 5.39. The van der Waals surface area contributed by atoms with Crippen molar-refractivity contribution in [2.45, 2.75) is 25.1 Å². The van der Waals surface area contributed by atoms with Crippen molar-refractivity contribution in [2.75, 3.05) is 14.2 Å². The molecule has 0 bridgehead atoms. The van der Waals surface area contributed by atoms with E-state index in [0.717, 1.165) is 0 Å². The molecule has 0 rings (SSSR count). The molecule has 2 nitrogen and oxygen atoms in total. The van der Waals surface area contributed by atoms with E-state index in [9.17, 15) is 0 Å². The quantitative estimate of drug-likeness (QED) is 0.582. The zero-order chi connectivity index (χ0) is 8.20. The minimum Gasteiger partial charge on any atom is -0.398 e. The van der Waals surface area contributed by atoms with Crippen molar-refractivity contribution in [1.82, 2.24) is 0 Å². The molecule has 10 heavy (non-hydrogen) atoms. The summed E-state index contributed by atoms with van der Waals surface area (Å²) in [6.07, 6.45) is 1.19. The Kier molecular flexibility index (Phi) is 4.43. The first kappa shape index (κ1) is 10.4. The third kappa shape index (κ3) is 2.19. The summed E-state index contributed by atoms with van der Waals surface area (Å²) in [5.74, 6) is 0. The van der Waals surface area contributed by atoms with Crippen LogP contribution in [0.3, 0.4) is 0 Å². The lowest BCUT2D eigenvalue weighted by molar-refractivity contribution is 0.245. The molecule has 0 heterocycles. The molecule has 0 saturated heterocycles. The average Bonchev–Trinajstić information content (AvgIpc) is 2.01. The highest BCUT2D eigenvalue weighted by Gasteiger charge is 2.34. The molecule has 0 aromatic heterocycles. The maximum absolute atomic E-state index is 5.39. The van der Waals surface area contributed by atoms with Gasteiger partial charge < -0.3 is 8.85 Å². The predicted molar refractivity (Wildman–Crippen MR) is 49.6 cm³/mol. The van der Waals surface area contributed by atoms with E-state index >= 15 is 0 Å². The highest BCUT2D eigenvalue weighted by atomic mass is 28.4. The van der Waals surface area contributed by atoms with E-state index in [-0.39, 0.29) is 0 Å². The molecular weight excluding hydrogens is 160 g/mol. The first-order chi connectivity index (χ1) is 4.60. The average molecular weight is 178 g/mol. The minimum atomic E-state index is -1.74. The van der Waals surface area contributed by atoms with Crippen molar-refractivity contribution < 1.29 is 8.85 Å². The van der Waals surface area contributed by atoms with Crippen LogP contribution < -0.4 is 0 Å². The fraction of sp³-hybridized carbons (Fsp3) is 1.00. The Labute approximate surface area is 67.6 Å². The second-order valence-corrected chi connectivity index (χ2v) is 9.12. The van der Waals surface area contributed by atoms with Crippen molar-refractivity contribution in [2.24, 2.45) is 0 Å². The zero-order valence-corrected chi connectivity index (χ0v) is 10.6. The molecule has 0 saturated carbocycles. The van der Waals surface area contributed by atoms with Crippen LogP contribution in [0.25, 0.3) is 0 Å². The summed E-state index contributed by atoms with van der Waals surface area (Å²) in [5, 5.41) is 0.711. The summed E-state index contributed by atoms with van der Waals surface area (Å²) in [5.41, 5.74) is 0. The molecule has 1 unspecified atom stereocenters. The van der Waals surface area contributed by atoms with Crippen LogP contribution in [0.2, 0.25) is 11.7 Å². The fourth-order valence-electron chi connectivity index (χ4n) is 0.856. The van der Waals surface area contributed by atoms with E-state index in [1.807, 2.05) is 0 Å². The first-order valence-electron chi connectivity index (χ1n) is 3.71. The van der Waals surface area contributed by atoms with Gasteiger partial charge in [0.2, 0.25) is 0 Å². The van der Waals surface area contributed by atoms with E-state index in [1.165, 1.54) is 16.7 Å². The molecule has 0 aliphatic rings. The van der Waals surface area contributed by atoms with Gasteiger partial charge in [0.05, 0.1) is 0 Å². The van der Waals surface area contributed by atoms with Crippen LogP contribution in [0.15, 0.2) is 0 Å². The van der Waals surface area contributed by atoms with Crippen LogP contribution in [-0.2, 0) is 8.85 Å². The van der Waals surface area contributed by atoms with Crippen LogP contribution in [0.1, 0.15) is 13.3 Å². The Hall–Kier alpha value is 0.354. The molecule has 4 heteroatoms. The van der Waals surface area contributed by atoms with Gasteiger partial charge in [0.25, 0.3) is 0 Å². The fourth-order valence-corrected chi connectivity index (χ4v) is 3.98. The summed E-state index contributed by atoms with van der Waals surface area (Å²) >= 11 is 0. The third-order valence-electron chi connectivity index (χ3n) is 2.32. The van der Waals surface area contributed by atoms with E-state index in [0.29, 0.717) is 5.16 Å². The SMILES string of the molecule is CCC([SiH3])[Si](C)(OC)OC. The van der Waals surface area contributed by atoms with Crippen LogP contribution in [0, 0.1) is 0 Å². The van der Waals surface area contributed by atoms with Gasteiger partial charge in [-0.25, -0.2) is 0 Å². The van der Waals surface area contributed by atoms with Crippen LogP contribution in [0.5, 0.6) is 0 Å². The zero-order valence-electron chi connectivity index (χ0n) is 7.60. The largest absolute Gasteiger partial charge is 0.398 e. The molecule has 0 aromatic rings. The van der Waals surface area contributed by atoms with Gasteiger partial charge in [0.1, 0.15) is 0 Å². The second-order valence-electron chi connectivity index (χ2n) is 2.73. The van der Waals surface area contributed by atoms with Gasteiger partial charge in [-0.3, -0.25) is 0 Å². The summed E-state index contributed by atoms with van der Waals surface area (Å²) < 4.78 is 10.8. The van der Waals surface area contributed by atoms with Crippen molar-refractivity contribution in [1.29, 1.82) is 0 Å². The molecule has 0 spiro atoms. The summed E-state index contributed by atoms with van der Waals surface area (Å²) in [7, 11) is 2.96. The van der Waals surface area contributed by atoms with Gasteiger partial charge in [0, 0.05) is 24.5 Å². The van der Waals surface area contributed by atoms with Crippen molar-refractivity contribution in [3.8, 4) is 0 Å². The van der Waals surface area contributed by atoms with Crippen molar-refractivity contribution in [3.63, 3.8) is 0 Å². The van der Waals surface area contributed by atoms with Gasteiger partial charge in [0.15, 0.2) is 0 Å². The molecule has 0 radical (unpaired) electrons. The first-order valence-corrected chi connectivity index (χ1v) is 7.25. The molecular formula is C6H18O2Si2. The van der Waals surface area contributed by atoms with Crippen LogP contribution >= 0.6 is 0 Å². The van der Waals surface area contributed by atoms with Crippen LogP contribution in [0.4, 0.5) is 0 Å². The van der Waals surface area contributed by atoms with E-state index in [1.54, 1.807) is 14.2 Å². The number of hydrogen-bond acceptors (Lipinski definition) is 2. The predicted octanol–water partition coefficient (Wildman–Crippen LogP) is 0.454. The van der Waals surface area contributed by atoms with E-state index < -0.39 is 8.56 Å². The highest BCUT2D eigenvalue weighted by Crippen LogP contribution is 2.22. The van der Waals surface area contributed by atoms with Gasteiger partial charge in [-0.2, -0.15) is 0 Å². The van der Waals surface area contributed by atoms with E-state index in [4.69, 9.17) is 8.85 Å². The second kappa shape index (κ2) is 4.28. The van der Waals surface area contributed by atoms with Crippen LogP contribution in [-0.4, -0.2) is 33.0 Å². The molecule has 0 aromatic carbocycles. The summed E-state index contributed by atoms with van der Waals surface area (Å²) in [6, 6.07) is 0. The molecule has 0 fully saturated rings. The van der Waals surface area contributed by atoms with Crippen molar-refractivity contribution >= 4 is 18.8 Å². The molecule has 62 valence electrons. The Morgan fingerprint density at radius 3 is 1.90 bits per heavy atom. The number of hydrogen-bond donors (Lipinski definition) is 0. The molecule has 0 aliphatic carbocycles. The molecule has 0 N–H and O–H groups in total. The smallest absolute Gasteiger partial charge is 0.333 e. The summed E-state index contributed by atoms with van der Waals surface area (Å²) in [6.45, 7) is 4.33. The topological polar surface area (TPSA) is 18.5 Å². The number of rotatable bonds is 4. The van der Waals surface area contributed by atoms with Gasteiger partial charge in [-0.1, -0.05) is 13.3 Å². The maximum Gasteiger partial charge on any atom is 0.333 e. The Bertz CT molecular complexity index is 93.7. The minimum absolute atomic E-state index is 0.711. The highest BCUT2D eigenvalue weighted by molar-refractivity contribution is 6.74. The van der Waals surface area contributed by atoms with Gasteiger partial charge >= 0.3 is 8.56 Å². The molecule has 1 atom stereocenters. The summed E-state index contributed by atoms with van der Waals surface area (Å²) in [4.78, 5) is 0. The van der Waals surface area contributed by atoms with E-state index in [2.05, 4.69) is 13.5 Å². The van der Waals surface area contributed by atoms with Gasteiger partial charge in [-0.05, 0) is 11.7 Å². The van der Waals surface area contributed by atoms with Crippen molar-refractivity contribution in [3.05, 3.63) is 0 Å². The normalized spacial score (nSPS) is 15.6. The Balaban J connectivity index is 4.02. The third-order valence-corrected chi connectivity index (χ3v) is 10.1. The lowest BCUT2D eigenvalue weighted by Gasteiger charge is -2.28. The van der Waals surface area contributed by atoms with Gasteiger partial charge in [-0.15, -0.1) is 0 Å². The Morgan fingerprint density at radius 1 is 1.40 bits per heavy atom. The monoisotopic (exact) mass is 178 g/mol. The lowest BCUT2D eigenvalue weighted by Crippen LogP contribution is -2.41. The Morgan fingerprint density at radius 2 is 1.80 bits per heavy atom. The molecule has 0 amide bonds. The standard InChI is InChI=1S/C6H18O2Si2/c1-5-6(9)10(4,7-2)8-3/h6H,5H2,1-4,9H3. The lowest BCUT2D eigenvalue weighted by atomic mass is 10.6.